The first-order chi connectivity index (χ1) is 9.06. The first kappa shape index (κ1) is 13.8. The van der Waals surface area contributed by atoms with Gasteiger partial charge < -0.3 is 14.8 Å². The molecule has 0 aliphatic carbocycles. The molecule has 2 atom stereocenters. The topological polar surface area (TPSA) is 73.6 Å². The lowest BCUT2D eigenvalue weighted by atomic mass is 10.2. The van der Waals surface area contributed by atoms with Crippen LogP contribution in [0.5, 0.6) is 5.75 Å². The molecule has 1 aromatic rings. The van der Waals surface area contributed by atoms with Gasteiger partial charge in [0.2, 0.25) is 0 Å². The third-order valence-corrected chi connectivity index (χ3v) is 3.04. The molecular formula is C13H18N2O4. The lowest BCUT2D eigenvalue weighted by Crippen LogP contribution is -2.45. The molecule has 0 spiro atoms. The molecule has 2 rings (SSSR count). The summed E-state index contributed by atoms with van der Waals surface area (Å²) < 4.78 is 11.4. The Morgan fingerprint density at radius 1 is 1.53 bits per heavy atom. The summed E-state index contributed by atoms with van der Waals surface area (Å²) in [5, 5.41) is 14.0. The number of morpholine rings is 1. The van der Waals surface area contributed by atoms with Gasteiger partial charge in [-0.3, -0.25) is 10.1 Å². The van der Waals surface area contributed by atoms with Crippen LogP contribution in [0.2, 0.25) is 0 Å². The van der Waals surface area contributed by atoms with Gasteiger partial charge in [-0.15, -0.1) is 0 Å². The molecule has 1 aliphatic heterocycles. The van der Waals surface area contributed by atoms with E-state index in [2.05, 4.69) is 5.32 Å². The van der Waals surface area contributed by atoms with Gasteiger partial charge in [0.25, 0.3) is 5.69 Å². The predicted octanol–water partition coefficient (Wildman–Crippen LogP) is 1.66. The van der Waals surface area contributed by atoms with Gasteiger partial charge in [-0.25, -0.2) is 0 Å². The number of ether oxygens (including phenoxy) is 2. The molecule has 19 heavy (non-hydrogen) atoms. The second kappa shape index (κ2) is 5.99. The van der Waals surface area contributed by atoms with Crippen LogP contribution >= 0.6 is 0 Å². The van der Waals surface area contributed by atoms with Gasteiger partial charge in [0.15, 0.2) is 0 Å². The third-order valence-electron chi connectivity index (χ3n) is 3.04. The number of nitrogens with one attached hydrogen (secondary N) is 1. The molecule has 1 aliphatic rings. The molecule has 1 heterocycles. The van der Waals surface area contributed by atoms with Gasteiger partial charge in [0, 0.05) is 19.2 Å². The summed E-state index contributed by atoms with van der Waals surface area (Å²) in [5.41, 5.74) is 0.916. The van der Waals surface area contributed by atoms with Gasteiger partial charge in [-0.2, -0.15) is 0 Å². The Bertz CT molecular complexity index is 464. The van der Waals surface area contributed by atoms with E-state index in [0.29, 0.717) is 12.4 Å². The van der Waals surface area contributed by atoms with Crippen LogP contribution in [0.25, 0.3) is 0 Å². The summed E-state index contributed by atoms with van der Waals surface area (Å²) >= 11 is 0. The molecular weight excluding hydrogens is 248 g/mol. The van der Waals surface area contributed by atoms with E-state index in [1.807, 2.05) is 13.8 Å². The van der Waals surface area contributed by atoms with E-state index in [0.717, 1.165) is 18.7 Å². The molecule has 0 saturated carbocycles. The zero-order valence-electron chi connectivity index (χ0n) is 11.1. The van der Waals surface area contributed by atoms with Crippen LogP contribution in [0.3, 0.4) is 0 Å². The summed E-state index contributed by atoms with van der Waals surface area (Å²) in [4.78, 5) is 10.3. The lowest BCUT2D eigenvalue weighted by Gasteiger charge is -2.28. The Kier molecular flexibility index (Phi) is 4.34. The highest BCUT2D eigenvalue weighted by atomic mass is 16.6. The fraction of sp³-hybridized carbons (Fsp3) is 0.538. The van der Waals surface area contributed by atoms with E-state index in [-0.39, 0.29) is 17.9 Å². The fourth-order valence-electron chi connectivity index (χ4n) is 2.01. The Labute approximate surface area is 111 Å². The molecule has 0 radical (unpaired) electrons. The van der Waals surface area contributed by atoms with Crippen molar-refractivity contribution in [1.29, 1.82) is 0 Å². The number of benzene rings is 1. The Morgan fingerprint density at radius 3 is 3.00 bits per heavy atom. The van der Waals surface area contributed by atoms with Crippen molar-refractivity contribution >= 4 is 5.69 Å². The molecule has 104 valence electrons. The molecule has 1 aromatic carbocycles. The van der Waals surface area contributed by atoms with Crippen LogP contribution in [0.1, 0.15) is 12.5 Å². The standard InChI is InChI=1S/C13H18N2O4/c1-9-3-4-11(15(16)17)5-13(9)18-8-12-7-14-6-10(2)19-12/h3-5,10,12,14H,6-8H2,1-2H3. The van der Waals surface area contributed by atoms with Crippen molar-refractivity contribution in [2.24, 2.45) is 0 Å². The zero-order chi connectivity index (χ0) is 13.8. The monoisotopic (exact) mass is 266 g/mol. The van der Waals surface area contributed by atoms with Gasteiger partial charge in [-0.05, 0) is 25.5 Å². The number of nitro groups is 1. The Morgan fingerprint density at radius 2 is 2.32 bits per heavy atom. The number of nitro benzene ring substituents is 1. The van der Waals surface area contributed by atoms with Crippen LogP contribution in [0, 0.1) is 17.0 Å². The van der Waals surface area contributed by atoms with E-state index in [9.17, 15) is 10.1 Å². The van der Waals surface area contributed by atoms with Crippen molar-refractivity contribution in [3.05, 3.63) is 33.9 Å². The van der Waals surface area contributed by atoms with E-state index < -0.39 is 4.92 Å². The van der Waals surface area contributed by atoms with Crippen LogP contribution in [-0.2, 0) is 4.74 Å². The third kappa shape index (κ3) is 3.65. The van der Waals surface area contributed by atoms with E-state index in [1.54, 1.807) is 6.07 Å². The average molecular weight is 266 g/mol. The highest BCUT2D eigenvalue weighted by Crippen LogP contribution is 2.24. The molecule has 0 aromatic heterocycles. The van der Waals surface area contributed by atoms with Gasteiger partial charge in [0.05, 0.1) is 17.1 Å². The van der Waals surface area contributed by atoms with Crippen LogP contribution in [-0.4, -0.2) is 36.8 Å². The highest BCUT2D eigenvalue weighted by molar-refractivity contribution is 5.43. The Hall–Kier alpha value is -1.66. The van der Waals surface area contributed by atoms with Gasteiger partial charge in [-0.1, -0.05) is 0 Å². The van der Waals surface area contributed by atoms with E-state index in [1.165, 1.54) is 12.1 Å². The number of rotatable bonds is 4. The van der Waals surface area contributed by atoms with Crippen LogP contribution in [0.4, 0.5) is 5.69 Å². The van der Waals surface area contributed by atoms with E-state index >= 15 is 0 Å². The average Bonchev–Trinajstić information content (AvgIpc) is 2.37. The predicted molar refractivity (Wildman–Crippen MR) is 70.5 cm³/mol. The molecule has 0 amide bonds. The van der Waals surface area contributed by atoms with Gasteiger partial charge >= 0.3 is 0 Å². The number of hydrogen-bond acceptors (Lipinski definition) is 5. The van der Waals surface area contributed by atoms with Crippen molar-refractivity contribution in [2.75, 3.05) is 19.7 Å². The normalized spacial score (nSPS) is 23.1. The highest BCUT2D eigenvalue weighted by Gasteiger charge is 2.20. The van der Waals surface area contributed by atoms with Crippen molar-refractivity contribution in [2.45, 2.75) is 26.1 Å². The summed E-state index contributed by atoms with van der Waals surface area (Å²) in [6, 6.07) is 4.62. The summed E-state index contributed by atoms with van der Waals surface area (Å²) in [6.07, 6.45) is 0.135. The molecule has 2 unspecified atom stereocenters. The number of aryl methyl sites for hydroxylation is 1. The van der Waals surface area contributed by atoms with Crippen molar-refractivity contribution < 1.29 is 14.4 Å². The smallest absolute Gasteiger partial charge is 0.273 e. The molecule has 0 bridgehead atoms. The SMILES string of the molecule is Cc1ccc([N+](=O)[O-])cc1OCC1CNCC(C)O1. The maximum Gasteiger partial charge on any atom is 0.273 e. The first-order valence-corrected chi connectivity index (χ1v) is 6.30. The van der Waals surface area contributed by atoms with Crippen molar-refractivity contribution in [3.63, 3.8) is 0 Å². The number of hydrogen-bond donors (Lipinski definition) is 1. The minimum Gasteiger partial charge on any atom is -0.490 e. The fourth-order valence-corrected chi connectivity index (χ4v) is 2.01. The maximum absolute atomic E-state index is 10.7. The largest absolute Gasteiger partial charge is 0.490 e. The quantitative estimate of drug-likeness (QED) is 0.662. The molecule has 1 N–H and O–H groups in total. The van der Waals surface area contributed by atoms with Crippen molar-refractivity contribution in [3.8, 4) is 5.75 Å². The second-order valence-corrected chi connectivity index (χ2v) is 4.74. The minimum atomic E-state index is -0.424. The number of non-ortho nitro benzene ring substituents is 1. The summed E-state index contributed by atoms with van der Waals surface area (Å²) in [6.45, 7) is 5.82. The van der Waals surface area contributed by atoms with Crippen molar-refractivity contribution in [1.82, 2.24) is 5.32 Å². The summed E-state index contributed by atoms with van der Waals surface area (Å²) in [7, 11) is 0. The lowest BCUT2D eigenvalue weighted by molar-refractivity contribution is -0.385. The first-order valence-electron chi connectivity index (χ1n) is 6.30. The molecule has 6 nitrogen and oxygen atoms in total. The zero-order valence-corrected chi connectivity index (χ0v) is 11.1. The van der Waals surface area contributed by atoms with E-state index in [4.69, 9.17) is 9.47 Å². The number of nitrogens with zero attached hydrogens (tertiary/aromatic N) is 1. The van der Waals surface area contributed by atoms with Crippen LogP contribution < -0.4 is 10.1 Å². The summed E-state index contributed by atoms with van der Waals surface area (Å²) in [5.74, 6) is 0.538. The molecule has 1 fully saturated rings. The maximum atomic E-state index is 10.7. The van der Waals surface area contributed by atoms with Crippen LogP contribution in [0.15, 0.2) is 18.2 Å². The molecule has 1 saturated heterocycles. The second-order valence-electron chi connectivity index (χ2n) is 4.74. The Balaban J connectivity index is 1.98. The minimum absolute atomic E-state index is 0.0255. The van der Waals surface area contributed by atoms with Gasteiger partial charge in [0.1, 0.15) is 18.5 Å². The molecule has 6 heteroatoms.